The molecule has 14 heavy (non-hydrogen) atoms. The molecule has 1 aromatic rings. The van der Waals surface area contributed by atoms with Gasteiger partial charge in [-0.25, -0.2) is 0 Å². The maximum absolute atomic E-state index is 9.03. The zero-order chi connectivity index (χ0) is 9.97. The molecule has 0 amide bonds. The van der Waals surface area contributed by atoms with Gasteiger partial charge in [0, 0.05) is 5.56 Å². The number of piperidine rings is 1. The quantitative estimate of drug-likeness (QED) is 0.836. The minimum Gasteiger partial charge on any atom is -0.392 e. The molecule has 2 heterocycles. The van der Waals surface area contributed by atoms with E-state index in [-0.39, 0.29) is 6.61 Å². The van der Waals surface area contributed by atoms with Gasteiger partial charge in [0.15, 0.2) is 0 Å². The molecule has 0 saturated carbocycles. The van der Waals surface area contributed by atoms with E-state index in [1.807, 2.05) is 4.68 Å². The summed E-state index contributed by atoms with van der Waals surface area (Å²) in [6, 6.07) is 0.464. The third-order valence-corrected chi connectivity index (χ3v) is 3.50. The molecule has 0 aromatic carbocycles. The first-order chi connectivity index (χ1) is 6.83. The lowest BCUT2D eigenvalue weighted by Gasteiger charge is -2.23. The van der Waals surface area contributed by atoms with Crippen molar-refractivity contribution in [1.82, 2.24) is 15.1 Å². The second kappa shape index (κ2) is 4.42. The van der Waals surface area contributed by atoms with Crippen molar-refractivity contribution in [2.75, 3.05) is 13.1 Å². The van der Waals surface area contributed by atoms with E-state index in [1.165, 1.54) is 0 Å². The van der Waals surface area contributed by atoms with E-state index in [9.17, 15) is 0 Å². The molecule has 5 heteroatoms. The summed E-state index contributed by atoms with van der Waals surface area (Å²) < 4.78 is 2.90. The molecule has 1 aliphatic heterocycles. The molecule has 0 bridgehead atoms. The predicted octanol–water partition coefficient (Wildman–Crippen LogP) is 1.06. The zero-order valence-corrected chi connectivity index (χ0v) is 9.50. The van der Waals surface area contributed by atoms with Crippen LogP contribution in [0.3, 0.4) is 0 Å². The SMILES string of the molecule is OCc1cnn(C2CCNCC2)c1Br. The second-order valence-corrected chi connectivity index (χ2v) is 4.30. The van der Waals surface area contributed by atoms with Crippen LogP contribution in [-0.2, 0) is 6.61 Å². The van der Waals surface area contributed by atoms with Crippen LogP contribution in [0.5, 0.6) is 0 Å². The van der Waals surface area contributed by atoms with Crippen LogP contribution in [0.2, 0.25) is 0 Å². The minimum atomic E-state index is 0.0472. The van der Waals surface area contributed by atoms with Crippen LogP contribution >= 0.6 is 15.9 Å². The lowest BCUT2D eigenvalue weighted by Crippen LogP contribution is -2.30. The van der Waals surface area contributed by atoms with Gasteiger partial charge in [-0.1, -0.05) is 0 Å². The molecule has 4 nitrogen and oxygen atoms in total. The highest BCUT2D eigenvalue weighted by Crippen LogP contribution is 2.25. The second-order valence-electron chi connectivity index (χ2n) is 3.54. The Balaban J connectivity index is 2.18. The Morgan fingerprint density at radius 3 is 2.86 bits per heavy atom. The van der Waals surface area contributed by atoms with Crippen LogP contribution in [0.15, 0.2) is 10.8 Å². The summed E-state index contributed by atoms with van der Waals surface area (Å²) in [5.74, 6) is 0. The van der Waals surface area contributed by atoms with Crippen molar-refractivity contribution < 1.29 is 5.11 Å². The summed E-state index contributed by atoms with van der Waals surface area (Å²) in [5.41, 5.74) is 0.864. The molecule has 2 rings (SSSR count). The van der Waals surface area contributed by atoms with Gasteiger partial charge in [0.1, 0.15) is 4.60 Å². The topological polar surface area (TPSA) is 50.1 Å². The van der Waals surface area contributed by atoms with E-state index in [1.54, 1.807) is 6.20 Å². The van der Waals surface area contributed by atoms with Crippen molar-refractivity contribution in [3.63, 3.8) is 0 Å². The Morgan fingerprint density at radius 2 is 2.29 bits per heavy atom. The normalized spacial score (nSPS) is 18.7. The highest BCUT2D eigenvalue weighted by atomic mass is 79.9. The van der Waals surface area contributed by atoms with Crippen LogP contribution in [-0.4, -0.2) is 28.0 Å². The molecule has 0 unspecified atom stereocenters. The van der Waals surface area contributed by atoms with Gasteiger partial charge in [0.2, 0.25) is 0 Å². The summed E-state index contributed by atoms with van der Waals surface area (Å²) in [7, 11) is 0. The first-order valence-corrected chi connectivity index (χ1v) is 5.65. The van der Waals surface area contributed by atoms with Crippen LogP contribution in [0.1, 0.15) is 24.4 Å². The van der Waals surface area contributed by atoms with Gasteiger partial charge in [0.25, 0.3) is 0 Å². The number of rotatable bonds is 2. The molecule has 1 aliphatic rings. The fourth-order valence-corrected chi connectivity index (χ4v) is 2.40. The average molecular weight is 260 g/mol. The summed E-state index contributed by atoms with van der Waals surface area (Å²) in [5, 5.41) is 16.6. The molecule has 0 aliphatic carbocycles. The van der Waals surface area contributed by atoms with Crippen LogP contribution < -0.4 is 5.32 Å². The average Bonchev–Trinajstić information content (AvgIpc) is 2.61. The monoisotopic (exact) mass is 259 g/mol. The number of aliphatic hydroxyl groups is 1. The zero-order valence-electron chi connectivity index (χ0n) is 7.91. The first kappa shape index (κ1) is 10.1. The Kier molecular flexibility index (Phi) is 3.20. The summed E-state index contributed by atoms with van der Waals surface area (Å²) in [6.07, 6.45) is 3.93. The Labute approximate surface area is 91.4 Å². The first-order valence-electron chi connectivity index (χ1n) is 4.86. The molecule has 78 valence electrons. The number of nitrogens with one attached hydrogen (secondary N) is 1. The smallest absolute Gasteiger partial charge is 0.109 e. The third-order valence-electron chi connectivity index (χ3n) is 2.63. The van der Waals surface area contributed by atoms with Gasteiger partial charge in [0.05, 0.1) is 18.8 Å². The molecule has 1 fully saturated rings. The van der Waals surface area contributed by atoms with Crippen LogP contribution in [0, 0.1) is 0 Å². The number of hydrogen-bond acceptors (Lipinski definition) is 3. The van der Waals surface area contributed by atoms with Crippen molar-refractivity contribution in [3.8, 4) is 0 Å². The third kappa shape index (κ3) is 1.85. The van der Waals surface area contributed by atoms with Crippen molar-refractivity contribution in [2.24, 2.45) is 0 Å². The largest absolute Gasteiger partial charge is 0.392 e. The maximum Gasteiger partial charge on any atom is 0.109 e. The van der Waals surface area contributed by atoms with Crippen molar-refractivity contribution in [3.05, 3.63) is 16.4 Å². The Hall–Kier alpha value is -0.390. The number of nitrogens with zero attached hydrogens (tertiary/aromatic N) is 2. The molecule has 2 N–H and O–H groups in total. The standard InChI is InChI=1S/C9H14BrN3O/c10-9-7(6-14)5-12-13(9)8-1-3-11-4-2-8/h5,8,11,14H,1-4,6H2. The molecular formula is C9H14BrN3O. The van der Waals surface area contributed by atoms with Crippen LogP contribution in [0.25, 0.3) is 0 Å². The summed E-state index contributed by atoms with van der Waals surface area (Å²) in [6.45, 7) is 2.14. The number of hydrogen-bond donors (Lipinski definition) is 2. The maximum atomic E-state index is 9.03. The van der Waals surface area contributed by atoms with Crippen molar-refractivity contribution >= 4 is 15.9 Å². The fraction of sp³-hybridized carbons (Fsp3) is 0.667. The molecule has 1 aromatic heterocycles. The van der Waals surface area contributed by atoms with E-state index >= 15 is 0 Å². The molecule has 0 radical (unpaired) electrons. The molecule has 0 spiro atoms. The lowest BCUT2D eigenvalue weighted by atomic mass is 10.1. The van der Waals surface area contributed by atoms with Crippen LogP contribution in [0.4, 0.5) is 0 Å². The van der Waals surface area contributed by atoms with Gasteiger partial charge < -0.3 is 10.4 Å². The highest BCUT2D eigenvalue weighted by Gasteiger charge is 2.18. The van der Waals surface area contributed by atoms with Crippen molar-refractivity contribution in [1.29, 1.82) is 0 Å². The Bertz CT molecular complexity index is 307. The van der Waals surface area contributed by atoms with E-state index in [4.69, 9.17) is 5.11 Å². The minimum absolute atomic E-state index is 0.0472. The number of halogens is 1. The fourth-order valence-electron chi connectivity index (χ4n) is 1.79. The lowest BCUT2D eigenvalue weighted by molar-refractivity contribution is 0.279. The highest BCUT2D eigenvalue weighted by molar-refractivity contribution is 9.10. The van der Waals surface area contributed by atoms with E-state index < -0.39 is 0 Å². The molecule has 0 atom stereocenters. The summed E-state index contributed by atoms with van der Waals surface area (Å²) in [4.78, 5) is 0. The van der Waals surface area contributed by atoms with E-state index in [2.05, 4.69) is 26.3 Å². The van der Waals surface area contributed by atoms with Gasteiger partial charge in [-0.05, 0) is 41.9 Å². The van der Waals surface area contributed by atoms with E-state index in [0.717, 1.165) is 36.1 Å². The van der Waals surface area contributed by atoms with Gasteiger partial charge in [-0.3, -0.25) is 4.68 Å². The predicted molar refractivity (Wildman–Crippen MR) is 57.0 cm³/mol. The van der Waals surface area contributed by atoms with Gasteiger partial charge >= 0.3 is 0 Å². The number of aliphatic hydroxyl groups excluding tert-OH is 1. The molecular weight excluding hydrogens is 246 g/mol. The number of aromatic nitrogens is 2. The van der Waals surface area contributed by atoms with Crippen molar-refractivity contribution in [2.45, 2.75) is 25.5 Å². The van der Waals surface area contributed by atoms with E-state index in [0.29, 0.717) is 6.04 Å². The molecule has 1 saturated heterocycles. The summed E-state index contributed by atoms with van der Waals surface area (Å²) >= 11 is 3.47. The van der Waals surface area contributed by atoms with Gasteiger partial charge in [-0.2, -0.15) is 5.10 Å². The van der Waals surface area contributed by atoms with Gasteiger partial charge in [-0.15, -0.1) is 0 Å². The Morgan fingerprint density at radius 1 is 1.57 bits per heavy atom.